The Labute approximate surface area is 180 Å². The number of piperazine rings is 1. The number of fused-ring (bicyclic) bond motifs is 1. The maximum atomic E-state index is 13.4. The van der Waals surface area contributed by atoms with E-state index in [4.69, 9.17) is 11.6 Å². The highest BCUT2D eigenvalue weighted by molar-refractivity contribution is 8.02. The third-order valence-electron chi connectivity index (χ3n) is 5.64. The molecule has 1 unspecified atom stereocenters. The van der Waals surface area contributed by atoms with E-state index >= 15 is 0 Å². The van der Waals surface area contributed by atoms with Crippen LogP contribution in [0.2, 0.25) is 5.02 Å². The summed E-state index contributed by atoms with van der Waals surface area (Å²) in [5, 5.41) is 0.735. The number of amides is 2. The Kier molecular flexibility index (Phi) is 5.60. The number of hydrogen-bond donors (Lipinski definition) is 0. The standard InChI is InChI=1S/C22H24ClN3O2S/c1-22(20(27)24(2)18-5-3-4-6-19(18)29-22)21(28)26-13-11-25(12-14-26)15-16-7-9-17(23)10-8-16/h3-10H,11-15H2,1-2H3. The zero-order valence-electron chi connectivity index (χ0n) is 16.6. The van der Waals surface area contributed by atoms with E-state index in [0.717, 1.165) is 35.2 Å². The molecule has 2 aliphatic heterocycles. The molecule has 5 nitrogen and oxygen atoms in total. The van der Waals surface area contributed by atoms with Gasteiger partial charge in [-0.05, 0) is 36.8 Å². The molecule has 2 amide bonds. The molecule has 4 rings (SSSR count). The molecule has 0 saturated carbocycles. The summed E-state index contributed by atoms with van der Waals surface area (Å²) < 4.78 is -1.12. The molecule has 0 spiro atoms. The Morgan fingerprint density at radius 2 is 1.72 bits per heavy atom. The first-order chi connectivity index (χ1) is 13.9. The van der Waals surface area contributed by atoms with Crippen molar-refractivity contribution in [3.05, 3.63) is 59.1 Å². The molecule has 152 valence electrons. The van der Waals surface area contributed by atoms with Crippen LogP contribution in [0.15, 0.2) is 53.4 Å². The van der Waals surface area contributed by atoms with Crippen molar-refractivity contribution in [3.8, 4) is 0 Å². The van der Waals surface area contributed by atoms with Gasteiger partial charge in [-0.3, -0.25) is 14.5 Å². The molecule has 1 saturated heterocycles. The molecule has 0 N–H and O–H groups in total. The first-order valence-corrected chi connectivity index (χ1v) is 10.9. The molecule has 7 heteroatoms. The largest absolute Gasteiger partial charge is 0.338 e. The van der Waals surface area contributed by atoms with Crippen molar-refractivity contribution in [2.45, 2.75) is 23.1 Å². The molecule has 1 atom stereocenters. The highest BCUT2D eigenvalue weighted by atomic mass is 35.5. The lowest BCUT2D eigenvalue weighted by atomic mass is 10.1. The second-order valence-corrected chi connectivity index (χ2v) is 9.56. The number of thioether (sulfide) groups is 1. The van der Waals surface area contributed by atoms with E-state index in [2.05, 4.69) is 4.90 Å². The minimum absolute atomic E-state index is 0.0972. The minimum Gasteiger partial charge on any atom is -0.338 e. The molecule has 0 radical (unpaired) electrons. The minimum atomic E-state index is -1.12. The van der Waals surface area contributed by atoms with Crippen molar-refractivity contribution >= 4 is 40.9 Å². The predicted octanol–water partition coefficient (Wildman–Crippen LogP) is 3.51. The summed E-state index contributed by atoms with van der Waals surface area (Å²) in [5.74, 6) is -0.255. The summed E-state index contributed by atoms with van der Waals surface area (Å²) in [4.78, 5) is 33.2. The number of carbonyl (C=O) groups is 2. The molecule has 0 aliphatic carbocycles. The third-order valence-corrected chi connectivity index (χ3v) is 7.22. The number of halogens is 1. The molecule has 1 fully saturated rings. The lowest BCUT2D eigenvalue weighted by molar-refractivity contribution is -0.139. The predicted molar refractivity (Wildman–Crippen MR) is 117 cm³/mol. The monoisotopic (exact) mass is 429 g/mol. The van der Waals surface area contributed by atoms with Gasteiger partial charge < -0.3 is 9.80 Å². The van der Waals surface area contributed by atoms with Gasteiger partial charge in [0.25, 0.3) is 5.91 Å². The highest BCUT2D eigenvalue weighted by Gasteiger charge is 2.50. The van der Waals surface area contributed by atoms with Crippen molar-refractivity contribution in [1.82, 2.24) is 9.80 Å². The molecule has 2 heterocycles. The Hall–Kier alpha value is -2.02. The Morgan fingerprint density at radius 1 is 1.07 bits per heavy atom. The van der Waals surface area contributed by atoms with Crippen molar-refractivity contribution in [2.24, 2.45) is 0 Å². The number of anilines is 1. The van der Waals surface area contributed by atoms with Gasteiger partial charge in [-0.1, -0.05) is 47.6 Å². The molecular weight excluding hydrogens is 406 g/mol. The number of hydrogen-bond acceptors (Lipinski definition) is 4. The summed E-state index contributed by atoms with van der Waals surface area (Å²) >= 11 is 7.33. The lowest BCUT2D eigenvalue weighted by Gasteiger charge is -2.42. The van der Waals surface area contributed by atoms with Crippen LogP contribution in [0.5, 0.6) is 0 Å². The average molecular weight is 430 g/mol. The van der Waals surface area contributed by atoms with Crippen LogP contribution in [-0.2, 0) is 16.1 Å². The maximum absolute atomic E-state index is 13.4. The number of carbonyl (C=O) groups excluding carboxylic acids is 2. The number of benzene rings is 2. The van der Waals surface area contributed by atoms with Gasteiger partial charge in [-0.15, -0.1) is 0 Å². The van der Waals surface area contributed by atoms with Gasteiger partial charge in [0.1, 0.15) is 0 Å². The van der Waals surface area contributed by atoms with Crippen molar-refractivity contribution in [3.63, 3.8) is 0 Å². The van der Waals surface area contributed by atoms with Crippen LogP contribution in [0.4, 0.5) is 5.69 Å². The molecule has 29 heavy (non-hydrogen) atoms. The van der Waals surface area contributed by atoms with Crippen molar-refractivity contribution in [2.75, 3.05) is 38.1 Å². The van der Waals surface area contributed by atoms with Crippen LogP contribution in [0.3, 0.4) is 0 Å². The zero-order chi connectivity index (χ0) is 20.6. The van der Waals surface area contributed by atoms with E-state index in [9.17, 15) is 9.59 Å². The summed E-state index contributed by atoms with van der Waals surface area (Å²) in [6.45, 7) is 5.42. The first kappa shape index (κ1) is 20.3. The summed E-state index contributed by atoms with van der Waals surface area (Å²) in [7, 11) is 1.75. The molecule has 2 aromatic carbocycles. The quantitative estimate of drug-likeness (QED) is 0.700. The molecule has 2 aromatic rings. The fourth-order valence-corrected chi connectivity index (χ4v) is 5.37. The van der Waals surface area contributed by atoms with E-state index in [1.165, 1.54) is 17.3 Å². The van der Waals surface area contributed by atoms with Crippen molar-refractivity contribution in [1.29, 1.82) is 0 Å². The molecule has 2 aliphatic rings. The topological polar surface area (TPSA) is 43.9 Å². The van der Waals surface area contributed by atoms with Gasteiger partial charge in [0.15, 0.2) is 4.75 Å². The van der Waals surface area contributed by atoms with Crippen LogP contribution in [-0.4, -0.2) is 59.6 Å². The Balaban J connectivity index is 1.43. The second kappa shape index (κ2) is 8.01. The normalized spacial score (nSPS) is 22.5. The number of para-hydroxylation sites is 1. The van der Waals surface area contributed by atoms with Gasteiger partial charge in [-0.25, -0.2) is 0 Å². The summed E-state index contributed by atoms with van der Waals surface area (Å²) in [6, 6.07) is 15.6. The summed E-state index contributed by atoms with van der Waals surface area (Å²) in [6.07, 6.45) is 0. The lowest BCUT2D eigenvalue weighted by Crippen LogP contribution is -2.59. The van der Waals surface area contributed by atoms with E-state index in [0.29, 0.717) is 13.1 Å². The van der Waals surface area contributed by atoms with Crippen molar-refractivity contribution < 1.29 is 9.59 Å². The highest BCUT2D eigenvalue weighted by Crippen LogP contribution is 2.45. The fourth-order valence-electron chi connectivity index (χ4n) is 3.91. The number of rotatable bonds is 3. The van der Waals surface area contributed by atoms with Crippen LogP contribution in [0.1, 0.15) is 12.5 Å². The Bertz CT molecular complexity index is 928. The van der Waals surface area contributed by atoms with Crippen LogP contribution in [0, 0.1) is 0 Å². The van der Waals surface area contributed by atoms with Gasteiger partial charge in [0, 0.05) is 49.7 Å². The first-order valence-electron chi connectivity index (χ1n) is 9.71. The average Bonchev–Trinajstić information content (AvgIpc) is 2.74. The van der Waals surface area contributed by atoms with Gasteiger partial charge in [-0.2, -0.15) is 0 Å². The summed E-state index contributed by atoms with van der Waals surface area (Å²) in [5.41, 5.74) is 2.07. The maximum Gasteiger partial charge on any atom is 0.252 e. The van der Waals surface area contributed by atoms with Gasteiger partial charge in [0.05, 0.1) is 5.69 Å². The van der Waals surface area contributed by atoms with E-state index in [1.54, 1.807) is 18.9 Å². The second-order valence-electron chi connectivity index (χ2n) is 7.66. The Morgan fingerprint density at radius 3 is 2.41 bits per heavy atom. The van der Waals surface area contributed by atoms with Crippen LogP contribution < -0.4 is 4.90 Å². The van der Waals surface area contributed by atoms with E-state index < -0.39 is 4.75 Å². The SMILES string of the molecule is CN1C(=O)C(C)(C(=O)N2CCN(Cc3ccc(Cl)cc3)CC2)Sc2ccccc21. The number of nitrogens with zero attached hydrogens (tertiary/aromatic N) is 3. The molecular formula is C22H24ClN3O2S. The zero-order valence-corrected chi connectivity index (χ0v) is 18.2. The van der Waals surface area contributed by atoms with Gasteiger partial charge in [0.2, 0.25) is 5.91 Å². The molecule has 0 bridgehead atoms. The molecule has 0 aromatic heterocycles. The van der Waals surface area contributed by atoms with Crippen LogP contribution in [0.25, 0.3) is 0 Å². The van der Waals surface area contributed by atoms with Crippen LogP contribution >= 0.6 is 23.4 Å². The van der Waals surface area contributed by atoms with E-state index in [1.807, 2.05) is 53.4 Å². The third kappa shape index (κ3) is 3.89. The fraction of sp³-hybridized carbons (Fsp3) is 0.364. The van der Waals surface area contributed by atoms with E-state index in [-0.39, 0.29) is 11.8 Å². The smallest absolute Gasteiger partial charge is 0.252 e. The van der Waals surface area contributed by atoms with Gasteiger partial charge >= 0.3 is 0 Å².